The summed E-state index contributed by atoms with van der Waals surface area (Å²) in [6.07, 6.45) is 2.03. The molecule has 5 heteroatoms. The molecule has 5 nitrogen and oxygen atoms in total. The average molecular weight is 379 g/mol. The Bertz CT molecular complexity index is 997. The number of carbonyl (C=O) groups is 1. The monoisotopic (exact) mass is 379 g/mol. The van der Waals surface area contributed by atoms with Crippen LogP contribution in [0.4, 0.5) is 0 Å². The molecule has 1 aromatic heterocycles. The molecular weight excluding hydrogens is 354 g/mol. The van der Waals surface area contributed by atoms with Crippen molar-refractivity contribution in [2.45, 2.75) is 33.6 Å². The van der Waals surface area contributed by atoms with E-state index >= 15 is 0 Å². The highest BCUT2D eigenvalue weighted by molar-refractivity contribution is 6.04. The van der Waals surface area contributed by atoms with Crippen molar-refractivity contribution in [3.8, 4) is 22.8 Å². The molecule has 3 rings (SSSR count). The van der Waals surface area contributed by atoms with Crippen LogP contribution in [-0.2, 0) is 0 Å². The summed E-state index contributed by atoms with van der Waals surface area (Å²) in [6.45, 7) is 7.11. The number of hydrogen-bond donors (Lipinski definition) is 1. The number of carboxylic acid groups (broad SMARTS) is 1. The predicted molar refractivity (Wildman–Crippen MR) is 110 cm³/mol. The zero-order valence-electron chi connectivity index (χ0n) is 16.5. The number of ether oxygens (including phenoxy) is 2. The molecule has 0 saturated heterocycles. The summed E-state index contributed by atoms with van der Waals surface area (Å²) in [5, 5.41) is 10.3. The van der Waals surface area contributed by atoms with Crippen LogP contribution in [0, 0.1) is 6.92 Å². The van der Waals surface area contributed by atoms with Gasteiger partial charge in [0.15, 0.2) is 11.5 Å². The Kier molecular flexibility index (Phi) is 6.14. The number of pyridine rings is 1. The summed E-state index contributed by atoms with van der Waals surface area (Å²) in [5.74, 6) is 0.358. The molecule has 0 bridgehead atoms. The summed E-state index contributed by atoms with van der Waals surface area (Å²) in [6, 6.07) is 12.9. The Morgan fingerprint density at radius 1 is 1.04 bits per heavy atom. The first-order valence-corrected chi connectivity index (χ1v) is 9.58. The largest absolute Gasteiger partial charge is 0.490 e. The maximum absolute atomic E-state index is 11.8. The maximum atomic E-state index is 11.8. The number of fused-ring (bicyclic) bond motifs is 1. The molecule has 0 aliphatic heterocycles. The smallest absolute Gasteiger partial charge is 0.336 e. The van der Waals surface area contributed by atoms with Crippen LogP contribution in [0.3, 0.4) is 0 Å². The first-order chi connectivity index (χ1) is 13.5. The minimum absolute atomic E-state index is 0.241. The molecule has 0 atom stereocenters. The van der Waals surface area contributed by atoms with Gasteiger partial charge in [0.25, 0.3) is 0 Å². The predicted octanol–water partition coefficient (Wildman–Crippen LogP) is 5.49. The van der Waals surface area contributed by atoms with E-state index in [0.29, 0.717) is 41.3 Å². The van der Waals surface area contributed by atoms with E-state index < -0.39 is 5.97 Å². The highest BCUT2D eigenvalue weighted by Crippen LogP contribution is 2.34. The summed E-state index contributed by atoms with van der Waals surface area (Å²) in [7, 11) is 0. The van der Waals surface area contributed by atoms with Gasteiger partial charge in [-0.05, 0) is 56.7 Å². The van der Waals surface area contributed by atoms with Gasteiger partial charge in [-0.15, -0.1) is 0 Å². The Morgan fingerprint density at radius 2 is 1.86 bits per heavy atom. The molecule has 0 unspecified atom stereocenters. The lowest BCUT2D eigenvalue weighted by Crippen LogP contribution is -2.02. The zero-order chi connectivity index (χ0) is 20.1. The molecule has 0 amide bonds. The minimum atomic E-state index is -0.969. The van der Waals surface area contributed by atoms with Gasteiger partial charge >= 0.3 is 5.97 Å². The molecule has 0 fully saturated rings. The van der Waals surface area contributed by atoms with Crippen molar-refractivity contribution in [3.05, 3.63) is 53.6 Å². The van der Waals surface area contributed by atoms with Crippen LogP contribution in [0.25, 0.3) is 22.2 Å². The van der Waals surface area contributed by atoms with E-state index in [1.165, 1.54) is 0 Å². The summed E-state index contributed by atoms with van der Waals surface area (Å²) < 4.78 is 11.6. The lowest BCUT2D eigenvalue weighted by Gasteiger charge is -2.14. The van der Waals surface area contributed by atoms with Gasteiger partial charge in [-0.1, -0.05) is 25.0 Å². The number of unbranched alkanes of at least 4 members (excludes halogenated alkanes) is 1. The van der Waals surface area contributed by atoms with Crippen molar-refractivity contribution in [2.75, 3.05) is 13.2 Å². The zero-order valence-corrected chi connectivity index (χ0v) is 16.5. The topological polar surface area (TPSA) is 68.7 Å². The van der Waals surface area contributed by atoms with Crippen LogP contribution in [0.15, 0.2) is 42.5 Å². The van der Waals surface area contributed by atoms with E-state index in [9.17, 15) is 9.90 Å². The normalized spacial score (nSPS) is 10.8. The van der Waals surface area contributed by atoms with E-state index in [-0.39, 0.29) is 5.56 Å². The molecule has 0 saturated carbocycles. The molecule has 0 spiro atoms. The molecule has 3 aromatic rings. The van der Waals surface area contributed by atoms with E-state index in [4.69, 9.17) is 9.47 Å². The van der Waals surface area contributed by atoms with Gasteiger partial charge in [-0.25, -0.2) is 9.78 Å². The number of aromatic carboxylic acids is 1. The molecule has 0 aliphatic rings. The number of aryl methyl sites for hydroxylation is 1. The molecule has 2 aromatic carbocycles. The van der Waals surface area contributed by atoms with Gasteiger partial charge in [0, 0.05) is 10.9 Å². The Balaban J connectivity index is 2.07. The van der Waals surface area contributed by atoms with Gasteiger partial charge in [0.1, 0.15) is 0 Å². The standard InChI is InChI=1S/C23H25NO4/c1-4-6-11-28-21-10-8-16(13-22(21)27-5-2)20-14-18(23(25)26)17-12-15(3)7-9-19(17)24-20/h7-10,12-14H,4-6,11H2,1-3H3,(H,25,26). The van der Waals surface area contributed by atoms with Crippen molar-refractivity contribution < 1.29 is 19.4 Å². The molecular formula is C23H25NO4. The SMILES string of the molecule is CCCCOc1ccc(-c2cc(C(=O)O)c3cc(C)ccc3n2)cc1OCC. The van der Waals surface area contributed by atoms with Crippen LogP contribution in [0.1, 0.15) is 42.6 Å². The fourth-order valence-electron chi connectivity index (χ4n) is 3.05. The quantitative estimate of drug-likeness (QED) is 0.524. The third kappa shape index (κ3) is 4.25. The summed E-state index contributed by atoms with van der Waals surface area (Å²) in [4.78, 5) is 16.5. The molecule has 0 radical (unpaired) electrons. The number of benzene rings is 2. The second kappa shape index (κ2) is 8.74. The van der Waals surface area contributed by atoms with Crippen molar-refractivity contribution >= 4 is 16.9 Å². The molecule has 28 heavy (non-hydrogen) atoms. The van der Waals surface area contributed by atoms with E-state index in [0.717, 1.165) is 24.0 Å². The molecule has 1 heterocycles. The van der Waals surface area contributed by atoms with Gasteiger partial charge in [0.05, 0.1) is 30.0 Å². The first kappa shape index (κ1) is 19.7. The maximum Gasteiger partial charge on any atom is 0.336 e. The minimum Gasteiger partial charge on any atom is -0.490 e. The third-order valence-electron chi connectivity index (χ3n) is 4.49. The summed E-state index contributed by atoms with van der Waals surface area (Å²) in [5.41, 5.74) is 3.27. The fraction of sp³-hybridized carbons (Fsp3) is 0.304. The number of rotatable bonds is 8. The summed E-state index contributed by atoms with van der Waals surface area (Å²) >= 11 is 0. The number of carboxylic acids is 1. The van der Waals surface area contributed by atoms with Crippen molar-refractivity contribution in [1.29, 1.82) is 0 Å². The highest BCUT2D eigenvalue weighted by Gasteiger charge is 2.15. The van der Waals surface area contributed by atoms with Gasteiger partial charge in [-0.3, -0.25) is 0 Å². The van der Waals surface area contributed by atoms with E-state index in [1.807, 2.05) is 50.2 Å². The van der Waals surface area contributed by atoms with E-state index in [1.54, 1.807) is 6.07 Å². The third-order valence-corrected chi connectivity index (χ3v) is 4.49. The van der Waals surface area contributed by atoms with Gasteiger partial charge in [0.2, 0.25) is 0 Å². The molecule has 0 aliphatic carbocycles. The second-order valence-electron chi connectivity index (χ2n) is 6.68. The Morgan fingerprint density at radius 3 is 2.57 bits per heavy atom. The van der Waals surface area contributed by atoms with Crippen LogP contribution in [0.5, 0.6) is 11.5 Å². The molecule has 146 valence electrons. The van der Waals surface area contributed by atoms with Crippen LogP contribution in [0.2, 0.25) is 0 Å². The lowest BCUT2D eigenvalue weighted by atomic mass is 10.0. The average Bonchev–Trinajstić information content (AvgIpc) is 2.68. The van der Waals surface area contributed by atoms with Crippen LogP contribution < -0.4 is 9.47 Å². The van der Waals surface area contributed by atoms with Gasteiger partial charge in [-0.2, -0.15) is 0 Å². The lowest BCUT2D eigenvalue weighted by molar-refractivity contribution is 0.0699. The van der Waals surface area contributed by atoms with Crippen molar-refractivity contribution in [3.63, 3.8) is 0 Å². The van der Waals surface area contributed by atoms with E-state index in [2.05, 4.69) is 11.9 Å². The number of nitrogens with zero attached hydrogens (tertiary/aromatic N) is 1. The van der Waals surface area contributed by atoms with Crippen molar-refractivity contribution in [2.24, 2.45) is 0 Å². The molecule has 1 N–H and O–H groups in total. The van der Waals surface area contributed by atoms with Gasteiger partial charge < -0.3 is 14.6 Å². The Labute approximate surface area is 164 Å². The number of hydrogen-bond acceptors (Lipinski definition) is 4. The fourth-order valence-corrected chi connectivity index (χ4v) is 3.05. The van der Waals surface area contributed by atoms with Crippen molar-refractivity contribution in [1.82, 2.24) is 4.98 Å². The second-order valence-corrected chi connectivity index (χ2v) is 6.68. The first-order valence-electron chi connectivity index (χ1n) is 9.58. The highest BCUT2D eigenvalue weighted by atomic mass is 16.5. The van der Waals surface area contributed by atoms with Crippen LogP contribution in [-0.4, -0.2) is 29.3 Å². The number of aromatic nitrogens is 1. The van der Waals surface area contributed by atoms with Crippen LogP contribution >= 0.6 is 0 Å². The Hall–Kier alpha value is -3.08.